The number of ether oxygens (including phenoxy) is 7. The number of aliphatic hydroxyl groups is 4. The summed E-state index contributed by atoms with van der Waals surface area (Å²) in [5, 5.41) is 47.1. The van der Waals surface area contributed by atoms with E-state index in [9.17, 15) is 30.0 Å². The van der Waals surface area contributed by atoms with Crippen molar-refractivity contribution >= 4 is 11.9 Å². The minimum Gasteiger partial charge on any atom is -0.458 e. The maximum atomic E-state index is 12.6. The lowest BCUT2D eigenvalue weighted by atomic mass is 9.42. The minimum atomic E-state index is -1.01. The second kappa shape index (κ2) is 17.1. The molecular formula is C44H70N2O13. The smallest absolute Gasteiger partial charge is 0.331 e. The maximum absolute atomic E-state index is 12.6. The fourth-order valence-corrected chi connectivity index (χ4v) is 13.3. The third-order valence-corrected chi connectivity index (χ3v) is 16.5. The van der Waals surface area contributed by atoms with Crippen molar-refractivity contribution in [2.45, 2.75) is 191 Å². The van der Waals surface area contributed by atoms with E-state index in [4.69, 9.17) is 38.9 Å². The molecule has 0 bridgehead atoms. The minimum absolute atomic E-state index is 0.0377. The normalized spacial score (nSPS) is 50.5. The van der Waals surface area contributed by atoms with Crippen LogP contribution in [0.25, 0.3) is 0 Å². The number of carbonyl (C=O) groups excluding carboxylic acids is 2. The van der Waals surface area contributed by atoms with Gasteiger partial charge in [-0.2, -0.15) is 0 Å². The van der Waals surface area contributed by atoms with Crippen LogP contribution >= 0.6 is 0 Å². The van der Waals surface area contributed by atoms with Crippen molar-refractivity contribution < 1.29 is 63.2 Å². The Kier molecular flexibility index (Phi) is 12.7. The van der Waals surface area contributed by atoms with E-state index in [1.54, 1.807) is 6.08 Å². The van der Waals surface area contributed by atoms with E-state index in [0.29, 0.717) is 44.8 Å². The highest BCUT2D eigenvalue weighted by Gasteiger charge is 2.71. The van der Waals surface area contributed by atoms with E-state index in [1.165, 1.54) is 0 Å². The molecule has 19 atom stereocenters. The van der Waals surface area contributed by atoms with Crippen LogP contribution in [0.3, 0.4) is 0 Å². The van der Waals surface area contributed by atoms with Gasteiger partial charge in [-0.25, -0.2) is 4.79 Å². The molecule has 1 amide bonds. The molecule has 4 heterocycles. The van der Waals surface area contributed by atoms with E-state index in [0.717, 1.165) is 44.1 Å². The number of amides is 1. The number of carbonyl (C=O) groups is 2. The van der Waals surface area contributed by atoms with Crippen LogP contribution in [0.15, 0.2) is 11.6 Å². The fourth-order valence-electron chi connectivity index (χ4n) is 13.3. The van der Waals surface area contributed by atoms with Gasteiger partial charge < -0.3 is 64.2 Å². The molecular weight excluding hydrogens is 764 g/mol. The van der Waals surface area contributed by atoms with Crippen molar-refractivity contribution in [3.05, 3.63) is 11.6 Å². The molecule has 59 heavy (non-hydrogen) atoms. The molecule has 15 heteroatoms. The van der Waals surface area contributed by atoms with Crippen molar-refractivity contribution in [3.63, 3.8) is 0 Å². The molecule has 15 nitrogen and oxygen atoms in total. The van der Waals surface area contributed by atoms with Gasteiger partial charge in [-0.15, -0.1) is 0 Å². The highest BCUT2D eigenvalue weighted by Crippen LogP contribution is 2.70. The van der Waals surface area contributed by atoms with Crippen LogP contribution in [0.4, 0.5) is 0 Å². The largest absolute Gasteiger partial charge is 0.458 e. The number of nitrogens with zero attached hydrogens (tertiary/aromatic N) is 1. The molecule has 334 valence electrons. The van der Waals surface area contributed by atoms with E-state index >= 15 is 0 Å². The van der Waals surface area contributed by atoms with Gasteiger partial charge in [-0.05, 0) is 107 Å². The first-order valence-corrected chi connectivity index (χ1v) is 22.6. The summed E-state index contributed by atoms with van der Waals surface area (Å²) < 4.78 is 43.1. The Hall–Kier alpha value is -1.76. The lowest BCUT2D eigenvalue weighted by molar-refractivity contribution is -0.329. The molecule has 6 N–H and O–H groups in total. The lowest BCUT2D eigenvalue weighted by Crippen LogP contribution is -2.67. The summed E-state index contributed by atoms with van der Waals surface area (Å²) in [6, 6.07) is 0. The number of aliphatic hydroxyl groups excluding tert-OH is 3. The van der Waals surface area contributed by atoms with E-state index < -0.39 is 72.6 Å². The van der Waals surface area contributed by atoms with Gasteiger partial charge in [-0.1, -0.05) is 13.8 Å². The topological polar surface area (TPSA) is 209 Å². The lowest BCUT2D eigenvalue weighted by Gasteiger charge is -2.65. The molecule has 4 aliphatic carbocycles. The number of rotatable bonds is 10. The van der Waals surface area contributed by atoms with Crippen LogP contribution in [0.2, 0.25) is 0 Å². The summed E-state index contributed by atoms with van der Waals surface area (Å²) in [7, 11) is 0. The van der Waals surface area contributed by atoms with E-state index in [2.05, 4.69) is 11.8 Å². The Labute approximate surface area is 348 Å². The molecule has 0 radical (unpaired) electrons. The monoisotopic (exact) mass is 834 g/mol. The molecule has 4 saturated carbocycles. The van der Waals surface area contributed by atoms with Crippen LogP contribution in [0, 0.1) is 34.5 Å². The third-order valence-electron chi connectivity index (χ3n) is 16.5. The second-order valence-electron chi connectivity index (χ2n) is 19.9. The zero-order chi connectivity index (χ0) is 42.0. The molecule has 0 aromatic rings. The summed E-state index contributed by atoms with van der Waals surface area (Å²) in [5.41, 5.74) is 4.46. The number of cyclic esters (lactones) is 1. The molecule has 8 rings (SSSR count). The van der Waals surface area contributed by atoms with Crippen molar-refractivity contribution in [2.75, 3.05) is 26.2 Å². The molecule has 4 aliphatic heterocycles. The van der Waals surface area contributed by atoms with Gasteiger partial charge in [0.25, 0.3) is 0 Å². The molecule has 0 aromatic carbocycles. The van der Waals surface area contributed by atoms with Crippen molar-refractivity contribution in [3.8, 4) is 0 Å². The van der Waals surface area contributed by atoms with Crippen LogP contribution in [0.5, 0.6) is 0 Å². The molecule has 0 aromatic heterocycles. The predicted octanol–water partition coefficient (Wildman–Crippen LogP) is 2.67. The van der Waals surface area contributed by atoms with Crippen LogP contribution < -0.4 is 5.73 Å². The number of fused-ring (bicyclic) bond motifs is 5. The first-order valence-electron chi connectivity index (χ1n) is 22.6. The Bertz CT molecular complexity index is 1540. The van der Waals surface area contributed by atoms with E-state index in [-0.39, 0.29) is 73.1 Å². The van der Waals surface area contributed by atoms with Crippen LogP contribution in [0.1, 0.15) is 112 Å². The van der Waals surface area contributed by atoms with Crippen molar-refractivity contribution in [1.82, 2.24) is 4.90 Å². The zero-order valence-electron chi connectivity index (χ0n) is 35.6. The van der Waals surface area contributed by atoms with Gasteiger partial charge in [0.05, 0.1) is 48.3 Å². The predicted molar refractivity (Wildman–Crippen MR) is 211 cm³/mol. The third kappa shape index (κ3) is 8.29. The Balaban J connectivity index is 0.816. The van der Waals surface area contributed by atoms with Gasteiger partial charge >= 0.3 is 5.97 Å². The Morgan fingerprint density at radius 2 is 1.53 bits per heavy atom. The Morgan fingerprint density at radius 1 is 0.847 bits per heavy atom. The number of primary amides is 1. The highest BCUT2D eigenvalue weighted by atomic mass is 16.7. The highest BCUT2D eigenvalue weighted by molar-refractivity contribution is 5.85. The number of hydrogen-bond donors (Lipinski definition) is 5. The van der Waals surface area contributed by atoms with Gasteiger partial charge in [0.15, 0.2) is 18.9 Å². The van der Waals surface area contributed by atoms with Crippen molar-refractivity contribution in [1.29, 1.82) is 0 Å². The quantitative estimate of drug-likeness (QED) is 0.159. The first-order chi connectivity index (χ1) is 28.0. The summed E-state index contributed by atoms with van der Waals surface area (Å²) in [5.74, 6) is -0.115. The average Bonchev–Trinajstić information content (AvgIpc) is 3.66. The van der Waals surface area contributed by atoms with Gasteiger partial charge in [0, 0.05) is 56.8 Å². The zero-order valence-corrected chi connectivity index (χ0v) is 35.6. The SMILES string of the molecule is CC1CN(CCC(N)=O)CCC(O[C@@H]2[C@H](C)O[C@@H](O[C@@H]3[C@H](C)O[C@@H](O[C@H]4CC[C@@]5(C)C(CCC6C5C[C@H](O)[C@]5(C)[C@@H](C7=CC(=O)OC7)CC[C@]65O)C4)C[C@@H]3O)C[C@@H]2O)O1. The van der Waals surface area contributed by atoms with E-state index in [1.807, 2.05) is 27.7 Å². The van der Waals surface area contributed by atoms with Crippen LogP contribution in [-0.2, 0) is 42.7 Å². The standard InChI is InChI=1S/C44H70N2O13/c1-23-21-46(14-10-35(45)50)15-11-37(54-23)58-40-24(2)56-39(20-33(40)48)59-41-25(3)55-38(19-32(41)47)57-28-8-12-42(4)27(17-28)6-7-30-31(42)18-34(49)43(5)29(9-13-44(30,43)52)26-16-36(51)53-22-26/h16,23-25,27-34,37-41,47-49,52H,6-15,17-22H2,1-5H3,(H2,45,50)/t23?,24-,25-,27?,28-,29+,30?,31?,32-,33-,34-,37?,38-,39-,40+,41+,42-,43-,44-/m0/s1. The summed E-state index contributed by atoms with van der Waals surface area (Å²) >= 11 is 0. The summed E-state index contributed by atoms with van der Waals surface area (Å²) in [4.78, 5) is 25.4. The van der Waals surface area contributed by atoms with Gasteiger partial charge in [-0.3, -0.25) is 4.79 Å². The fraction of sp³-hybridized carbons (Fsp3) is 0.909. The summed E-state index contributed by atoms with van der Waals surface area (Å²) in [6.45, 7) is 12.2. The second-order valence-corrected chi connectivity index (χ2v) is 19.9. The maximum Gasteiger partial charge on any atom is 0.331 e. The summed E-state index contributed by atoms with van der Waals surface area (Å²) in [6.07, 6.45) is 2.49. The molecule has 7 fully saturated rings. The van der Waals surface area contributed by atoms with Crippen molar-refractivity contribution in [2.24, 2.45) is 40.2 Å². The van der Waals surface area contributed by atoms with Gasteiger partial charge in [0.2, 0.25) is 5.91 Å². The Morgan fingerprint density at radius 3 is 2.17 bits per heavy atom. The molecule has 5 unspecified atom stereocenters. The average molecular weight is 835 g/mol. The number of nitrogens with two attached hydrogens (primary N) is 1. The molecule has 0 spiro atoms. The molecule has 8 aliphatic rings. The molecule has 3 saturated heterocycles. The first kappa shape index (κ1) is 43.9. The van der Waals surface area contributed by atoms with Gasteiger partial charge in [0.1, 0.15) is 18.8 Å². The number of hydrogen-bond acceptors (Lipinski definition) is 14. The number of esters is 1. The van der Waals surface area contributed by atoms with Crippen LogP contribution in [-0.4, -0.2) is 143 Å².